The Bertz CT molecular complexity index is 740. The van der Waals surface area contributed by atoms with Gasteiger partial charge in [0, 0.05) is 5.56 Å². The lowest BCUT2D eigenvalue weighted by molar-refractivity contribution is 0.101. The molecule has 0 bridgehead atoms. The number of carbonyl (C=O) groups excluding carboxylic acids is 1. The molecule has 1 aliphatic heterocycles. The van der Waals surface area contributed by atoms with Crippen LogP contribution in [0.25, 0.3) is 6.08 Å². The Morgan fingerprint density at radius 1 is 1.14 bits per heavy atom. The largest absolute Gasteiger partial charge is 0.508 e. The predicted molar refractivity (Wildman–Crippen MR) is 81.6 cm³/mol. The predicted octanol–water partition coefficient (Wildman–Crippen LogP) is 3.88. The summed E-state index contributed by atoms with van der Waals surface area (Å²) in [7, 11) is 0. The molecule has 1 aliphatic rings. The Labute approximate surface area is 123 Å². The first kappa shape index (κ1) is 13.4. The van der Waals surface area contributed by atoms with E-state index >= 15 is 0 Å². The molecule has 3 rings (SSSR count). The van der Waals surface area contributed by atoms with E-state index in [9.17, 15) is 9.90 Å². The first-order chi connectivity index (χ1) is 10.1. The average Bonchev–Trinajstić information content (AvgIpc) is 2.81. The number of phenols is 1. The standard InChI is InChI=1S/C18H16O3/c1-3-12-4-6-13(7-5-12)10-16-17(20)14-8-9-15(19)11(2)18(14)21-16/h4-10,19H,3H2,1-2H3/b16-10-. The van der Waals surface area contributed by atoms with Crippen molar-refractivity contribution in [2.24, 2.45) is 0 Å². The zero-order chi connectivity index (χ0) is 15.0. The van der Waals surface area contributed by atoms with Crippen molar-refractivity contribution in [1.82, 2.24) is 0 Å². The number of aromatic hydroxyl groups is 1. The van der Waals surface area contributed by atoms with E-state index in [1.807, 2.05) is 24.3 Å². The summed E-state index contributed by atoms with van der Waals surface area (Å²) >= 11 is 0. The van der Waals surface area contributed by atoms with Crippen molar-refractivity contribution in [3.63, 3.8) is 0 Å². The fraction of sp³-hybridized carbons (Fsp3) is 0.167. The van der Waals surface area contributed by atoms with Crippen molar-refractivity contribution in [3.05, 3.63) is 64.4 Å². The number of allylic oxidation sites excluding steroid dienone is 1. The van der Waals surface area contributed by atoms with E-state index in [-0.39, 0.29) is 11.5 Å². The summed E-state index contributed by atoms with van der Waals surface area (Å²) in [6, 6.07) is 11.1. The van der Waals surface area contributed by atoms with Gasteiger partial charge in [0.05, 0.1) is 5.56 Å². The Hall–Kier alpha value is -2.55. The number of Topliss-reactive ketones (excluding diaryl/α,β-unsaturated/α-hetero) is 1. The van der Waals surface area contributed by atoms with Crippen molar-refractivity contribution in [2.75, 3.05) is 0 Å². The molecule has 106 valence electrons. The van der Waals surface area contributed by atoms with Gasteiger partial charge in [-0.15, -0.1) is 0 Å². The summed E-state index contributed by atoms with van der Waals surface area (Å²) in [5, 5.41) is 9.69. The van der Waals surface area contributed by atoms with Crippen LogP contribution in [-0.2, 0) is 6.42 Å². The molecular weight excluding hydrogens is 264 g/mol. The second-order valence-corrected chi connectivity index (χ2v) is 5.12. The number of ether oxygens (including phenoxy) is 1. The number of benzene rings is 2. The summed E-state index contributed by atoms with van der Waals surface area (Å²) in [6.45, 7) is 3.84. The Morgan fingerprint density at radius 2 is 1.86 bits per heavy atom. The molecule has 3 heteroatoms. The zero-order valence-corrected chi connectivity index (χ0v) is 12.0. The number of phenolic OH excluding ortho intramolecular Hbond substituents is 1. The lowest BCUT2D eigenvalue weighted by Crippen LogP contribution is -1.98. The van der Waals surface area contributed by atoms with Gasteiger partial charge >= 0.3 is 0 Å². The molecule has 0 saturated carbocycles. The van der Waals surface area contributed by atoms with Crippen LogP contribution >= 0.6 is 0 Å². The molecule has 0 spiro atoms. The van der Waals surface area contributed by atoms with Gasteiger partial charge < -0.3 is 9.84 Å². The number of rotatable bonds is 2. The third kappa shape index (κ3) is 2.31. The lowest BCUT2D eigenvalue weighted by Gasteiger charge is -2.04. The molecule has 1 heterocycles. The highest BCUT2D eigenvalue weighted by Gasteiger charge is 2.29. The van der Waals surface area contributed by atoms with Gasteiger partial charge in [-0.25, -0.2) is 0 Å². The molecule has 0 atom stereocenters. The third-order valence-corrected chi connectivity index (χ3v) is 3.74. The van der Waals surface area contributed by atoms with Gasteiger partial charge in [0.1, 0.15) is 11.5 Å². The van der Waals surface area contributed by atoms with Gasteiger partial charge in [-0.2, -0.15) is 0 Å². The minimum atomic E-state index is -0.146. The highest BCUT2D eigenvalue weighted by Crippen LogP contribution is 2.38. The molecular formula is C18H16O3. The molecule has 0 aliphatic carbocycles. The first-order valence-electron chi connectivity index (χ1n) is 6.96. The van der Waals surface area contributed by atoms with Gasteiger partial charge in [0.15, 0.2) is 5.76 Å². The minimum absolute atomic E-state index is 0.134. The Morgan fingerprint density at radius 3 is 2.52 bits per heavy atom. The number of fused-ring (bicyclic) bond motifs is 1. The first-order valence-corrected chi connectivity index (χ1v) is 6.96. The van der Waals surface area contributed by atoms with Crippen LogP contribution in [-0.4, -0.2) is 10.9 Å². The van der Waals surface area contributed by atoms with E-state index in [4.69, 9.17) is 4.74 Å². The van der Waals surface area contributed by atoms with Gasteiger partial charge in [-0.3, -0.25) is 4.79 Å². The molecule has 3 nitrogen and oxygen atoms in total. The van der Waals surface area contributed by atoms with Crippen LogP contribution in [0, 0.1) is 6.92 Å². The van der Waals surface area contributed by atoms with Crippen molar-refractivity contribution < 1.29 is 14.6 Å². The zero-order valence-electron chi connectivity index (χ0n) is 12.0. The molecule has 0 unspecified atom stereocenters. The Balaban J connectivity index is 1.96. The fourth-order valence-corrected chi connectivity index (χ4v) is 2.38. The maximum atomic E-state index is 12.3. The summed E-state index contributed by atoms with van der Waals surface area (Å²) in [5.74, 6) is 0.738. The quantitative estimate of drug-likeness (QED) is 0.849. The topological polar surface area (TPSA) is 46.5 Å². The molecule has 0 saturated heterocycles. The van der Waals surface area contributed by atoms with Crippen LogP contribution in [0.5, 0.6) is 11.5 Å². The van der Waals surface area contributed by atoms with E-state index < -0.39 is 0 Å². The monoisotopic (exact) mass is 280 g/mol. The number of hydrogen-bond acceptors (Lipinski definition) is 3. The smallest absolute Gasteiger partial charge is 0.231 e. The van der Waals surface area contributed by atoms with E-state index in [0.717, 1.165) is 12.0 Å². The number of hydrogen-bond donors (Lipinski definition) is 1. The van der Waals surface area contributed by atoms with Crippen LogP contribution in [0.4, 0.5) is 0 Å². The van der Waals surface area contributed by atoms with Crippen LogP contribution in [0.3, 0.4) is 0 Å². The van der Waals surface area contributed by atoms with E-state index in [2.05, 4.69) is 6.92 Å². The van der Waals surface area contributed by atoms with Gasteiger partial charge in [0.25, 0.3) is 0 Å². The van der Waals surface area contributed by atoms with E-state index in [1.165, 1.54) is 11.6 Å². The van der Waals surface area contributed by atoms with Crippen molar-refractivity contribution >= 4 is 11.9 Å². The minimum Gasteiger partial charge on any atom is -0.508 e. The summed E-state index contributed by atoms with van der Waals surface area (Å²) in [4.78, 5) is 12.3. The van der Waals surface area contributed by atoms with Crippen molar-refractivity contribution in [1.29, 1.82) is 0 Å². The van der Waals surface area contributed by atoms with Gasteiger partial charge in [-0.05, 0) is 42.7 Å². The lowest BCUT2D eigenvalue weighted by atomic mass is 10.1. The van der Waals surface area contributed by atoms with Gasteiger partial charge in [-0.1, -0.05) is 31.2 Å². The SMILES string of the molecule is CCc1ccc(/C=C2\Oc3c(ccc(O)c3C)C2=O)cc1. The van der Waals surface area contributed by atoms with Gasteiger partial charge in [0.2, 0.25) is 5.78 Å². The average molecular weight is 280 g/mol. The molecule has 0 amide bonds. The number of carbonyl (C=O) groups is 1. The molecule has 21 heavy (non-hydrogen) atoms. The number of aryl methyl sites for hydroxylation is 1. The van der Waals surface area contributed by atoms with Crippen molar-refractivity contribution in [2.45, 2.75) is 20.3 Å². The molecule has 1 N–H and O–H groups in total. The molecule has 2 aromatic rings. The highest BCUT2D eigenvalue weighted by atomic mass is 16.5. The second kappa shape index (κ2) is 5.09. The fourth-order valence-electron chi connectivity index (χ4n) is 2.38. The van der Waals surface area contributed by atoms with Crippen molar-refractivity contribution in [3.8, 4) is 11.5 Å². The normalized spacial score (nSPS) is 15.1. The summed E-state index contributed by atoms with van der Waals surface area (Å²) in [6.07, 6.45) is 2.72. The summed E-state index contributed by atoms with van der Waals surface area (Å²) in [5.41, 5.74) is 3.26. The van der Waals surface area contributed by atoms with Crippen LogP contribution in [0.2, 0.25) is 0 Å². The maximum absolute atomic E-state index is 12.3. The Kier molecular flexibility index (Phi) is 3.26. The third-order valence-electron chi connectivity index (χ3n) is 3.74. The molecule has 0 fully saturated rings. The second-order valence-electron chi connectivity index (χ2n) is 5.12. The number of ketones is 1. The van der Waals surface area contributed by atoms with E-state index in [0.29, 0.717) is 22.6 Å². The molecule has 0 radical (unpaired) electrons. The van der Waals surface area contributed by atoms with Crippen LogP contribution in [0.15, 0.2) is 42.2 Å². The molecule has 2 aromatic carbocycles. The highest BCUT2D eigenvalue weighted by molar-refractivity contribution is 6.14. The summed E-state index contributed by atoms with van der Waals surface area (Å²) < 4.78 is 5.64. The van der Waals surface area contributed by atoms with Crippen LogP contribution < -0.4 is 4.74 Å². The van der Waals surface area contributed by atoms with E-state index in [1.54, 1.807) is 19.1 Å². The maximum Gasteiger partial charge on any atom is 0.231 e. The van der Waals surface area contributed by atoms with Crippen LogP contribution in [0.1, 0.15) is 34.0 Å². The molecule has 0 aromatic heterocycles.